The van der Waals surface area contributed by atoms with Crippen molar-refractivity contribution in [3.63, 3.8) is 0 Å². The second kappa shape index (κ2) is 45.9. The van der Waals surface area contributed by atoms with E-state index in [2.05, 4.69) is 137 Å². The first-order chi connectivity index (χ1) is 63.4. The fraction of sp³-hybridized carbons (Fsp3) is 0.462. The van der Waals surface area contributed by atoms with E-state index in [1.54, 1.807) is 21.1 Å². The third-order valence-electron chi connectivity index (χ3n) is 27.4. The van der Waals surface area contributed by atoms with Crippen LogP contribution in [0.2, 0.25) is 20.1 Å². The molecule has 0 saturated carbocycles. The van der Waals surface area contributed by atoms with Gasteiger partial charge in [0.2, 0.25) is 5.91 Å². The Bertz CT molecular complexity index is 5450. The van der Waals surface area contributed by atoms with Crippen molar-refractivity contribution < 1.29 is 53.6 Å². The van der Waals surface area contributed by atoms with Crippen LogP contribution in [-0.2, 0) is 40.0 Å². The van der Waals surface area contributed by atoms with Crippen molar-refractivity contribution in [1.29, 1.82) is 0 Å². The van der Waals surface area contributed by atoms with Crippen molar-refractivity contribution in [1.82, 2.24) is 44.4 Å². The number of benzene rings is 8. The summed E-state index contributed by atoms with van der Waals surface area (Å²) in [6.45, 7) is 15.4. The molecule has 7 aliphatic rings. The number of aliphatic hydroxyl groups is 4. The zero-order valence-electron chi connectivity index (χ0n) is 75.5. The van der Waals surface area contributed by atoms with Gasteiger partial charge in [-0.2, -0.15) is 0 Å². The molecule has 12 aromatic rings. The molecule has 3 aliphatic heterocycles. The number of aromatic amines is 4. The molecule has 24 heteroatoms. The highest BCUT2D eigenvalue weighted by molar-refractivity contribution is 6.32. The molecule has 0 radical (unpaired) electrons. The van der Waals surface area contributed by atoms with E-state index in [1.165, 1.54) is 151 Å². The number of H-pyrrole nitrogens is 4. The Kier molecular flexibility index (Phi) is 33.3. The number of ether oxygens (including phenoxy) is 6. The van der Waals surface area contributed by atoms with Crippen LogP contribution in [0.5, 0.6) is 23.0 Å². The number of aryl methyl sites for hydroxylation is 4. The summed E-state index contributed by atoms with van der Waals surface area (Å²) in [5.41, 5.74) is 20.7. The number of carbonyl (C=O) groups is 1. The van der Waals surface area contributed by atoms with Gasteiger partial charge in [0.05, 0.1) is 13.2 Å². The van der Waals surface area contributed by atoms with Gasteiger partial charge in [-0.1, -0.05) is 108 Å². The SMILES string of the molecule is CC(=O)N1CCN(CC(O)COc2ccc(C3CCCc4c3[nH]c3ccc(Cl)cc43)cc2)CC1.COCCN(CCOC)CC(O)COc1ccc(C2CCCc3c2[nH]c2ccc(Cl)cc32)cc1.OC(COc1ccc(C2CCCc3c2[nH]c2ccc(Cl)cc32)cc1)CN1CCCCC1.OC(COc1ccc(C2CCCc3c2[nH]c2ccc(Cl)cc32)cc1)CN1CCCCC1. The van der Waals surface area contributed by atoms with Crippen LogP contribution in [0.25, 0.3) is 43.6 Å². The van der Waals surface area contributed by atoms with E-state index in [1.807, 2.05) is 77.7 Å². The van der Waals surface area contributed by atoms with Gasteiger partial charge in [-0.15, -0.1) is 0 Å². The third-order valence-corrected chi connectivity index (χ3v) is 28.3. The minimum atomic E-state index is -0.590. The molecular formula is C106H129Cl4N9O11. The number of hydrogen-bond acceptors (Lipinski definition) is 15. The second-order valence-corrected chi connectivity index (χ2v) is 38.3. The summed E-state index contributed by atoms with van der Waals surface area (Å²) in [5, 5.41) is 49.7. The molecule has 0 bridgehead atoms. The number of nitrogens with one attached hydrogen (secondary N) is 4. The summed E-state index contributed by atoms with van der Waals surface area (Å²) >= 11 is 25.0. The van der Waals surface area contributed by atoms with Gasteiger partial charge in [-0.05, 0) is 295 Å². The Morgan fingerprint density at radius 2 is 0.631 bits per heavy atom. The number of carbonyl (C=O) groups excluding carboxylic acids is 1. The first-order valence-electron chi connectivity index (χ1n) is 47.4. The highest BCUT2D eigenvalue weighted by atomic mass is 35.5. The summed E-state index contributed by atoms with van der Waals surface area (Å²) < 4.78 is 33.9. The summed E-state index contributed by atoms with van der Waals surface area (Å²) in [6, 6.07) is 57.8. The van der Waals surface area contributed by atoms with E-state index < -0.39 is 24.4 Å². The Labute approximate surface area is 785 Å². The lowest BCUT2D eigenvalue weighted by Crippen LogP contribution is -2.50. The number of fused-ring (bicyclic) bond motifs is 12. The summed E-state index contributed by atoms with van der Waals surface area (Å²) in [7, 11) is 3.36. The molecule has 8 atom stereocenters. The molecule has 7 heterocycles. The summed E-state index contributed by atoms with van der Waals surface area (Å²) in [5.74, 6) is 4.70. The number of methoxy groups -OCH3 is 2. The molecule has 4 aliphatic carbocycles. The maximum absolute atomic E-state index is 11.5. The number of aliphatic hydroxyl groups excluding tert-OH is 4. The van der Waals surface area contributed by atoms with E-state index in [0.717, 1.165) is 184 Å². The van der Waals surface area contributed by atoms with Crippen LogP contribution in [0.4, 0.5) is 0 Å². The molecule has 3 fully saturated rings. The van der Waals surface area contributed by atoms with Gasteiger partial charge >= 0.3 is 0 Å². The molecular weight excluding hydrogens is 1720 g/mol. The number of halogens is 4. The summed E-state index contributed by atoms with van der Waals surface area (Å²) in [4.78, 5) is 36.9. The first kappa shape index (κ1) is 94.5. The van der Waals surface area contributed by atoms with Crippen LogP contribution in [-0.4, -0.2) is 241 Å². The third kappa shape index (κ3) is 24.5. The number of hydrogen-bond donors (Lipinski definition) is 8. The average molecular weight is 1850 g/mol. The molecule has 3 saturated heterocycles. The van der Waals surface area contributed by atoms with Crippen LogP contribution in [0.15, 0.2) is 170 Å². The predicted octanol–water partition coefficient (Wildman–Crippen LogP) is 19.8. The minimum absolute atomic E-state index is 0.116. The molecule has 8 unspecified atom stereocenters. The fourth-order valence-electron chi connectivity index (χ4n) is 20.7. The van der Waals surface area contributed by atoms with Crippen LogP contribution in [0.3, 0.4) is 0 Å². The lowest BCUT2D eigenvalue weighted by atomic mass is 9.82. The van der Waals surface area contributed by atoms with Gasteiger partial charge in [0, 0.05) is 197 Å². The lowest BCUT2D eigenvalue weighted by Gasteiger charge is -2.35. The van der Waals surface area contributed by atoms with Crippen molar-refractivity contribution in [3.8, 4) is 23.0 Å². The van der Waals surface area contributed by atoms with Crippen molar-refractivity contribution >= 4 is 95.9 Å². The second-order valence-electron chi connectivity index (χ2n) is 36.6. The molecule has 4 aromatic heterocycles. The fourth-order valence-corrected chi connectivity index (χ4v) is 21.4. The topological polar surface area (TPSA) is 233 Å². The Morgan fingerprint density at radius 1 is 0.362 bits per heavy atom. The highest BCUT2D eigenvalue weighted by Crippen LogP contribution is 2.46. The smallest absolute Gasteiger partial charge is 0.219 e. The van der Waals surface area contributed by atoms with Crippen molar-refractivity contribution in [2.75, 3.05) is 145 Å². The Balaban J connectivity index is 0.000000127. The number of aromatic nitrogens is 4. The molecule has 1 amide bonds. The van der Waals surface area contributed by atoms with Crippen molar-refractivity contribution in [3.05, 3.63) is 257 Å². The highest BCUT2D eigenvalue weighted by Gasteiger charge is 2.32. The lowest BCUT2D eigenvalue weighted by molar-refractivity contribution is -0.130. The Morgan fingerprint density at radius 3 is 0.900 bits per heavy atom. The molecule has 0 spiro atoms. The number of amides is 1. The van der Waals surface area contributed by atoms with Gasteiger partial charge in [0.1, 0.15) is 73.8 Å². The van der Waals surface area contributed by atoms with E-state index in [-0.39, 0.29) is 19.1 Å². The van der Waals surface area contributed by atoms with E-state index in [0.29, 0.717) is 76.3 Å². The van der Waals surface area contributed by atoms with Crippen LogP contribution in [0, 0.1) is 0 Å². The van der Waals surface area contributed by atoms with E-state index in [4.69, 9.17) is 74.8 Å². The minimum Gasteiger partial charge on any atom is -0.491 e. The first-order valence-corrected chi connectivity index (χ1v) is 48.9. The molecule has 20 nitrogen and oxygen atoms in total. The normalized spacial score (nSPS) is 19.3. The molecule has 692 valence electrons. The quantitative estimate of drug-likeness (QED) is 0.0209. The van der Waals surface area contributed by atoms with Gasteiger partial charge in [0.15, 0.2) is 0 Å². The summed E-state index contributed by atoms with van der Waals surface area (Å²) in [6.07, 6.45) is 19.1. The largest absolute Gasteiger partial charge is 0.491 e. The zero-order valence-corrected chi connectivity index (χ0v) is 78.6. The number of piperidine rings is 2. The van der Waals surface area contributed by atoms with Crippen molar-refractivity contribution in [2.24, 2.45) is 0 Å². The number of rotatable bonds is 30. The van der Waals surface area contributed by atoms with Crippen LogP contribution in [0.1, 0.15) is 188 Å². The van der Waals surface area contributed by atoms with Crippen LogP contribution < -0.4 is 18.9 Å². The van der Waals surface area contributed by atoms with Gasteiger partial charge in [-0.3, -0.25) is 14.6 Å². The number of likely N-dealkylation sites (tertiary alicyclic amines) is 2. The number of nitrogens with zero attached hydrogens (tertiary/aromatic N) is 5. The predicted molar refractivity (Wildman–Crippen MR) is 524 cm³/mol. The van der Waals surface area contributed by atoms with E-state index >= 15 is 0 Å². The van der Waals surface area contributed by atoms with Crippen molar-refractivity contribution in [2.45, 2.75) is 171 Å². The van der Waals surface area contributed by atoms with E-state index in [9.17, 15) is 25.2 Å². The Hall–Kier alpha value is -8.65. The maximum atomic E-state index is 11.5. The van der Waals surface area contributed by atoms with Gasteiger partial charge in [-0.25, -0.2) is 0 Å². The maximum Gasteiger partial charge on any atom is 0.219 e. The molecule has 8 N–H and O–H groups in total. The number of piperazine rings is 1. The van der Waals surface area contributed by atoms with Gasteiger partial charge < -0.3 is 83.5 Å². The standard InChI is InChI=1S/C27H32ClN3O3.C27H35ClN2O4.2C26H31ClN2O2/c1-18(32)31-13-11-30(12-14-31)16-21(33)17-34-22-8-5-19(6-9-22)23-3-2-4-24-25-15-20(28)7-10-26(25)29-27(23)24;1-32-14-12-30(13-15-33-2)17-21(31)18-34-22-9-6-19(7-10-22)23-4-3-5-24-25-16-20(28)8-11-26(25)29-27(23)24;2*27-19-9-12-25-24(15-19)23-6-4-5-22(26(23)28-25)18-7-10-21(11-8-18)31-17-20(30)16-29-13-2-1-3-14-29/h5-10,15,21,23,29,33H,2-4,11-14,16-17H2,1H3;6-11,16,21,23,29,31H,3-5,12-15,17-18H2,1-2H3;2*7-12,15,20,22,28,30H,1-6,13-14,16-17H2. The van der Waals surface area contributed by atoms with Crippen LogP contribution >= 0.6 is 46.4 Å². The zero-order chi connectivity index (χ0) is 90.0. The molecule has 8 aromatic carbocycles. The monoisotopic (exact) mass is 1840 g/mol. The molecule has 130 heavy (non-hydrogen) atoms. The van der Waals surface area contributed by atoms with Gasteiger partial charge in [0.25, 0.3) is 0 Å². The average Bonchev–Trinajstić information content (AvgIpc) is 1.60. The molecule has 19 rings (SSSR count). The number of β-amino-alcohol motifs (C(OH)–C–C–N with tert-alkyl or cyclic N) is 3.